The Hall–Kier alpha value is -0.0400. The summed E-state index contributed by atoms with van der Waals surface area (Å²) in [6, 6.07) is 0.716. The van der Waals surface area contributed by atoms with Gasteiger partial charge in [0.2, 0.25) is 0 Å². The highest BCUT2D eigenvalue weighted by Gasteiger charge is 2.71. The molecule has 1 nitrogen and oxygen atoms in total. The van der Waals surface area contributed by atoms with Crippen molar-refractivity contribution < 1.29 is 0 Å². The lowest BCUT2D eigenvalue weighted by Crippen LogP contribution is -2.78. The largest absolute Gasteiger partial charge is 0.294 e. The third kappa shape index (κ3) is 2.51. The summed E-state index contributed by atoms with van der Waals surface area (Å²) >= 11 is 0. The second-order valence-corrected chi connectivity index (χ2v) is 8.89. The predicted molar refractivity (Wildman–Crippen MR) is 119 cm³/mol. The Kier molecular flexibility index (Phi) is 8.28. The SMILES string of the molecule is CCC1N(CC)C(CC)(CC)C(CC)(CC)C(CC)(CC)C1(CC)CC. The minimum Gasteiger partial charge on any atom is -0.294 e. The molecule has 0 bridgehead atoms. The molecule has 1 rings (SSSR count). The van der Waals surface area contributed by atoms with Gasteiger partial charge in [0.05, 0.1) is 0 Å². The van der Waals surface area contributed by atoms with E-state index in [4.69, 9.17) is 0 Å². The normalized spacial score (nSPS) is 26.8. The van der Waals surface area contributed by atoms with Crippen LogP contribution in [0.3, 0.4) is 0 Å². The van der Waals surface area contributed by atoms with Crippen LogP contribution in [0.15, 0.2) is 0 Å². The van der Waals surface area contributed by atoms with Crippen LogP contribution >= 0.6 is 0 Å². The van der Waals surface area contributed by atoms with Gasteiger partial charge < -0.3 is 0 Å². The first kappa shape index (κ1) is 24.0. The van der Waals surface area contributed by atoms with Gasteiger partial charge in [-0.2, -0.15) is 0 Å². The summed E-state index contributed by atoms with van der Waals surface area (Å²) in [5.74, 6) is 0. The molecule has 1 atom stereocenters. The highest BCUT2D eigenvalue weighted by molar-refractivity contribution is 5.23. The summed E-state index contributed by atoms with van der Waals surface area (Å²) in [7, 11) is 0. The Bertz CT molecular complexity index is 368. The van der Waals surface area contributed by atoms with Gasteiger partial charge in [0.15, 0.2) is 0 Å². The first-order valence-corrected chi connectivity index (χ1v) is 12.1. The van der Waals surface area contributed by atoms with E-state index in [1.165, 1.54) is 64.3 Å². The first-order valence-electron chi connectivity index (χ1n) is 12.1. The molecular weight excluding hydrogens is 314 g/mol. The minimum absolute atomic E-state index is 0.339. The van der Waals surface area contributed by atoms with Gasteiger partial charge in [0, 0.05) is 11.6 Å². The third-order valence-corrected chi connectivity index (χ3v) is 9.90. The van der Waals surface area contributed by atoms with E-state index in [-0.39, 0.29) is 0 Å². The van der Waals surface area contributed by atoms with Gasteiger partial charge >= 0.3 is 0 Å². The predicted octanol–water partition coefficient (Wildman–Crippen LogP) is 8.08. The topological polar surface area (TPSA) is 3.24 Å². The van der Waals surface area contributed by atoms with Crippen LogP contribution in [0.4, 0.5) is 0 Å². The molecular formula is C25H51N. The summed E-state index contributed by atoms with van der Waals surface area (Å²) < 4.78 is 0. The number of piperidine rings is 1. The molecule has 1 heteroatoms. The molecule has 0 radical (unpaired) electrons. The van der Waals surface area contributed by atoms with E-state index in [0.717, 1.165) is 0 Å². The van der Waals surface area contributed by atoms with Crippen LogP contribution in [0, 0.1) is 16.2 Å². The molecule has 1 aliphatic rings. The average Bonchev–Trinajstić information content (AvgIpc) is 2.70. The number of hydrogen-bond donors (Lipinski definition) is 0. The standard InChI is InChI=1S/C25H51N/c1-11-21-22(12-2,13-3)23(14-4,15-5)24(16-6,17-7)25(18-8,19-9)26(21)20-10/h21H,11-20H2,1-10H3. The second-order valence-electron chi connectivity index (χ2n) is 8.89. The molecule has 26 heavy (non-hydrogen) atoms. The third-order valence-electron chi connectivity index (χ3n) is 9.90. The highest BCUT2D eigenvalue weighted by atomic mass is 15.3. The van der Waals surface area contributed by atoms with Crippen molar-refractivity contribution in [3.05, 3.63) is 0 Å². The van der Waals surface area contributed by atoms with Crippen LogP contribution in [0.5, 0.6) is 0 Å². The van der Waals surface area contributed by atoms with Crippen molar-refractivity contribution in [2.75, 3.05) is 6.54 Å². The smallest absolute Gasteiger partial charge is 0.0268 e. The fraction of sp³-hybridized carbons (Fsp3) is 1.00. The van der Waals surface area contributed by atoms with Gasteiger partial charge in [-0.3, -0.25) is 4.90 Å². The molecule has 0 aliphatic carbocycles. The van der Waals surface area contributed by atoms with Crippen molar-refractivity contribution in [3.8, 4) is 0 Å². The fourth-order valence-electron chi connectivity index (χ4n) is 9.19. The first-order chi connectivity index (χ1) is 12.4. The van der Waals surface area contributed by atoms with Crippen LogP contribution in [-0.4, -0.2) is 23.0 Å². The summed E-state index contributed by atoms with van der Waals surface area (Å²) in [6.45, 7) is 26.1. The van der Waals surface area contributed by atoms with E-state index in [1.54, 1.807) is 0 Å². The number of nitrogens with zero attached hydrogens (tertiary/aromatic N) is 1. The van der Waals surface area contributed by atoms with E-state index in [1.807, 2.05) is 0 Å². The van der Waals surface area contributed by atoms with E-state index >= 15 is 0 Å². The van der Waals surface area contributed by atoms with Crippen molar-refractivity contribution in [2.45, 2.75) is 139 Å². The summed E-state index contributed by atoms with van der Waals surface area (Å²) in [4.78, 5) is 3.02. The summed E-state index contributed by atoms with van der Waals surface area (Å²) in [5.41, 5.74) is 1.61. The lowest BCUT2D eigenvalue weighted by molar-refractivity contribution is -0.275. The highest BCUT2D eigenvalue weighted by Crippen LogP contribution is 2.73. The number of likely N-dealkylation sites (tertiary alicyclic amines) is 1. The number of hydrogen-bond acceptors (Lipinski definition) is 1. The van der Waals surface area contributed by atoms with Crippen LogP contribution in [0.1, 0.15) is 127 Å². The van der Waals surface area contributed by atoms with Crippen LogP contribution in [-0.2, 0) is 0 Å². The Morgan fingerprint density at radius 1 is 0.538 bits per heavy atom. The molecule has 156 valence electrons. The van der Waals surface area contributed by atoms with E-state index < -0.39 is 0 Å². The second kappa shape index (κ2) is 8.97. The van der Waals surface area contributed by atoms with Gasteiger partial charge in [-0.05, 0) is 80.6 Å². The van der Waals surface area contributed by atoms with Gasteiger partial charge in [-0.15, -0.1) is 0 Å². The molecule has 0 spiro atoms. The molecule has 0 amide bonds. The summed E-state index contributed by atoms with van der Waals surface area (Å²) in [6.07, 6.45) is 11.8. The average molecular weight is 366 g/mol. The van der Waals surface area contributed by atoms with Crippen molar-refractivity contribution in [2.24, 2.45) is 16.2 Å². The Labute approximate surface area is 166 Å². The lowest BCUT2D eigenvalue weighted by Gasteiger charge is -2.77. The molecule has 0 aromatic rings. The zero-order valence-electron chi connectivity index (χ0n) is 20.1. The zero-order chi connectivity index (χ0) is 20.2. The van der Waals surface area contributed by atoms with Gasteiger partial charge in [0.25, 0.3) is 0 Å². The van der Waals surface area contributed by atoms with Gasteiger partial charge in [0.1, 0.15) is 0 Å². The maximum atomic E-state index is 3.02. The molecule has 0 N–H and O–H groups in total. The molecule has 1 aliphatic heterocycles. The number of rotatable bonds is 10. The molecule has 1 unspecified atom stereocenters. The van der Waals surface area contributed by atoms with Gasteiger partial charge in [-0.25, -0.2) is 0 Å². The maximum absolute atomic E-state index is 3.02. The van der Waals surface area contributed by atoms with Crippen molar-refractivity contribution >= 4 is 0 Å². The molecule has 1 heterocycles. The molecule has 0 aromatic carbocycles. The van der Waals surface area contributed by atoms with Crippen molar-refractivity contribution in [1.82, 2.24) is 4.90 Å². The fourth-order valence-corrected chi connectivity index (χ4v) is 9.19. The van der Waals surface area contributed by atoms with Crippen molar-refractivity contribution in [3.63, 3.8) is 0 Å². The summed E-state index contributed by atoms with van der Waals surface area (Å²) in [5, 5.41) is 0. The molecule has 1 saturated heterocycles. The monoisotopic (exact) mass is 365 g/mol. The Balaban J connectivity index is 4.07. The van der Waals surface area contributed by atoms with Crippen LogP contribution in [0.25, 0.3) is 0 Å². The van der Waals surface area contributed by atoms with E-state index in [9.17, 15) is 0 Å². The van der Waals surface area contributed by atoms with Crippen molar-refractivity contribution in [1.29, 1.82) is 0 Å². The molecule has 0 aromatic heterocycles. The van der Waals surface area contributed by atoms with Crippen LogP contribution in [0.2, 0.25) is 0 Å². The Morgan fingerprint density at radius 3 is 1.19 bits per heavy atom. The quantitative estimate of drug-likeness (QED) is 0.378. The molecule has 0 saturated carbocycles. The molecule has 1 fully saturated rings. The van der Waals surface area contributed by atoms with Gasteiger partial charge in [-0.1, -0.05) is 69.2 Å². The van der Waals surface area contributed by atoms with E-state index in [0.29, 0.717) is 27.8 Å². The zero-order valence-corrected chi connectivity index (χ0v) is 20.1. The minimum atomic E-state index is 0.339. The van der Waals surface area contributed by atoms with E-state index in [2.05, 4.69) is 74.1 Å². The Morgan fingerprint density at radius 2 is 0.962 bits per heavy atom. The maximum Gasteiger partial charge on any atom is 0.0268 e. The lowest BCUT2D eigenvalue weighted by atomic mass is 9.35. The van der Waals surface area contributed by atoms with Crippen LogP contribution < -0.4 is 0 Å².